The van der Waals surface area contributed by atoms with E-state index in [4.69, 9.17) is 5.73 Å². The normalized spacial score (nSPS) is 10.4. The van der Waals surface area contributed by atoms with Crippen LogP contribution >= 0.6 is 0 Å². The summed E-state index contributed by atoms with van der Waals surface area (Å²) in [6.07, 6.45) is 6.73. The number of rotatable bonds is 6. The fourth-order valence-electron chi connectivity index (χ4n) is 1.58. The minimum absolute atomic E-state index is 0.0243. The molecule has 7 nitrogen and oxygen atoms in total. The molecule has 0 saturated carbocycles. The summed E-state index contributed by atoms with van der Waals surface area (Å²) in [7, 11) is 0. The number of nitrogens with two attached hydrogens (primary N) is 1. The van der Waals surface area contributed by atoms with Crippen molar-refractivity contribution < 1.29 is 4.79 Å². The maximum Gasteiger partial charge on any atom is 0.224 e. The maximum absolute atomic E-state index is 11.6. The van der Waals surface area contributed by atoms with Crippen molar-refractivity contribution in [3.05, 3.63) is 31.0 Å². The summed E-state index contributed by atoms with van der Waals surface area (Å²) in [4.78, 5) is 19.6. The highest BCUT2D eigenvalue weighted by Gasteiger charge is 2.03. The third-order valence-electron chi connectivity index (χ3n) is 2.54. The summed E-state index contributed by atoms with van der Waals surface area (Å²) in [5.41, 5.74) is 6.04. The second kappa shape index (κ2) is 6.60. The summed E-state index contributed by atoms with van der Waals surface area (Å²) in [5, 5.41) is 6.76. The largest absolute Gasteiger partial charge is 0.330 e. The zero-order chi connectivity index (χ0) is 13.5. The number of unbranched alkanes of at least 4 members (excludes halogenated alkanes) is 1. The van der Waals surface area contributed by atoms with Crippen LogP contribution < -0.4 is 11.1 Å². The van der Waals surface area contributed by atoms with E-state index in [-0.39, 0.29) is 5.91 Å². The molecule has 0 saturated heterocycles. The van der Waals surface area contributed by atoms with Gasteiger partial charge in [-0.15, -0.1) is 0 Å². The molecule has 2 aromatic heterocycles. The van der Waals surface area contributed by atoms with Crippen molar-refractivity contribution in [2.45, 2.75) is 19.3 Å². The third-order valence-corrected chi connectivity index (χ3v) is 2.54. The van der Waals surface area contributed by atoms with Crippen LogP contribution in [-0.4, -0.2) is 32.2 Å². The van der Waals surface area contributed by atoms with Crippen LogP contribution in [0.25, 0.3) is 5.82 Å². The number of nitrogens with zero attached hydrogens (tertiary/aromatic N) is 4. The number of pyridine rings is 1. The second-order valence-corrected chi connectivity index (χ2v) is 4.04. The zero-order valence-corrected chi connectivity index (χ0v) is 10.5. The summed E-state index contributed by atoms with van der Waals surface area (Å²) in [6.45, 7) is 0.613. The summed E-state index contributed by atoms with van der Waals surface area (Å²) < 4.78 is 1.55. The lowest BCUT2D eigenvalue weighted by Crippen LogP contribution is -2.12. The van der Waals surface area contributed by atoms with Crippen LogP contribution in [0.15, 0.2) is 31.0 Å². The lowest BCUT2D eigenvalue weighted by Gasteiger charge is -2.05. The van der Waals surface area contributed by atoms with Crippen LogP contribution in [0.3, 0.4) is 0 Å². The smallest absolute Gasteiger partial charge is 0.224 e. The van der Waals surface area contributed by atoms with Gasteiger partial charge in [0, 0.05) is 6.42 Å². The molecule has 2 heterocycles. The van der Waals surface area contributed by atoms with E-state index in [1.54, 1.807) is 29.3 Å². The molecule has 2 rings (SSSR count). The summed E-state index contributed by atoms with van der Waals surface area (Å²) in [6, 6.07) is 3.55. The van der Waals surface area contributed by atoms with Gasteiger partial charge >= 0.3 is 0 Å². The van der Waals surface area contributed by atoms with Crippen LogP contribution in [0, 0.1) is 0 Å². The summed E-state index contributed by atoms with van der Waals surface area (Å²) >= 11 is 0. The molecule has 0 fully saturated rings. The molecule has 0 aliphatic heterocycles. The number of amides is 1. The van der Waals surface area contributed by atoms with Crippen LogP contribution in [0.5, 0.6) is 0 Å². The molecule has 0 atom stereocenters. The number of carbonyl (C=O) groups excluding carboxylic acids is 1. The predicted octanol–water partition coefficient (Wildman–Crippen LogP) is 0.730. The van der Waals surface area contributed by atoms with E-state index >= 15 is 0 Å². The first-order valence-corrected chi connectivity index (χ1v) is 6.10. The van der Waals surface area contributed by atoms with Gasteiger partial charge in [-0.2, -0.15) is 5.10 Å². The van der Waals surface area contributed by atoms with Crippen LogP contribution in [0.1, 0.15) is 19.3 Å². The Morgan fingerprint density at radius 3 is 2.89 bits per heavy atom. The number of hydrogen-bond donors (Lipinski definition) is 2. The molecule has 0 radical (unpaired) electrons. The van der Waals surface area contributed by atoms with Gasteiger partial charge in [0.25, 0.3) is 0 Å². The Bertz CT molecular complexity index is 508. The Balaban J connectivity index is 1.90. The average molecular weight is 260 g/mol. The first kappa shape index (κ1) is 13.2. The molecule has 0 bridgehead atoms. The highest BCUT2D eigenvalue weighted by atomic mass is 16.1. The molecule has 19 heavy (non-hydrogen) atoms. The van der Waals surface area contributed by atoms with Gasteiger partial charge in [0.1, 0.15) is 12.7 Å². The lowest BCUT2D eigenvalue weighted by atomic mass is 10.2. The third kappa shape index (κ3) is 3.85. The van der Waals surface area contributed by atoms with E-state index in [9.17, 15) is 4.79 Å². The molecule has 2 aromatic rings. The lowest BCUT2D eigenvalue weighted by molar-refractivity contribution is -0.116. The van der Waals surface area contributed by atoms with Crippen molar-refractivity contribution in [2.75, 3.05) is 11.9 Å². The molecular weight excluding hydrogens is 244 g/mol. The number of hydrogen-bond acceptors (Lipinski definition) is 5. The van der Waals surface area contributed by atoms with Gasteiger partial charge in [0.2, 0.25) is 5.91 Å². The van der Waals surface area contributed by atoms with Crippen molar-refractivity contribution in [1.29, 1.82) is 0 Å². The van der Waals surface area contributed by atoms with Crippen molar-refractivity contribution in [3.63, 3.8) is 0 Å². The number of aromatic nitrogens is 4. The van der Waals surface area contributed by atoms with Gasteiger partial charge < -0.3 is 11.1 Å². The van der Waals surface area contributed by atoms with E-state index in [1.165, 1.54) is 6.33 Å². The Kier molecular flexibility index (Phi) is 4.57. The predicted molar refractivity (Wildman–Crippen MR) is 70.7 cm³/mol. The van der Waals surface area contributed by atoms with E-state index in [2.05, 4.69) is 20.4 Å². The van der Waals surface area contributed by atoms with Crippen LogP contribution in [-0.2, 0) is 4.79 Å². The topological polar surface area (TPSA) is 98.7 Å². The van der Waals surface area contributed by atoms with Crippen LogP contribution in [0.2, 0.25) is 0 Å². The maximum atomic E-state index is 11.6. The molecule has 0 spiro atoms. The molecule has 7 heteroatoms. The van der Waals surface area contributed by atoms with Crippen LogP contribution in [0.4, 0.5) is 5.69 Å². The Morgan fingerprint density at radius 2 is 2.26 bits per heavy atom. The first-order valence-electron chi connectivity index (χ1n) is 6.10. The minimum Gasteiger partial charge on any atom is -0.330 e. The fourth-order valence-corrected chi connectivity index (χ4v) is 1.58. The van der Waals surface area contributed by atoms with Crippen molar-refractivity contribution in [3.8, 4) is 5.82 Å². The van der Waals surface area contributed by atoms with Gasteiger partial charge in [-0.05, 0) is 31.5 Å². The molecule has 0 unspecified atom stereocenters. The van der Waals surface area contributed by atoms with E-state index in [0.29, 0.717) is 24.5 Å². The monoisotopic (exact) mass is 260 g/mol. The van der Waals surface area contributed by atoms with E-state index in [0.717, 1.165) is 12.8 Å². The molecule has 1 amide bonds. The Morgan fingerprint density at radius 1 is 1.37 bits per heavy atom. The quantitative estimate of drug-likeness (QED) is 0.746. The molecule has 0 aromatic carbocycles. The van der Waals surface area contributed by atoms with Crippen molar-refractivity contribution in [1.82, 2.24) is 19.7 Å². The van der Waals surface area contributed by atoms with Crippen molar-refractivity contribution >= 4 is 11.6 Å². The SMILES string of the molecule is NCCCCC(=O)Nc1ccc(-n2cncn2)nc1. The highest BCUT2D eigenvalue weighted by Crippen LogP contribution is 2.09. The Hall–Kier alpha value is -2.28. The van der Waals surface area contributed by atoms with E-state index in [1.807, 2.05) is 0 Å². The van der Waals surface area contributed by atoms with Gasteiger partial charge in [0.15, 0.2) is 5.82 Å². The fraction of sp³-hybridized carbons (Fsp3) is 0.333. The van der Waals surface area contributed by atoms with Gasteiger partial charge in [0.05, 0.1) is 11.9 Å². The average Bonchev–Trinajstić information content (AvgIpc) is 2.94. The molecule has 0 aliphatic carbocycles. The van der Waals surface area contributed by atoms with Gasteiger partial charge in [-0.3, -0.25) is 4.79 Å². The van der Waals surface area contributed by atoms with E-state index < -0.39 is 0 Å². The second-order valence-electron chi connectivity index (χ2n) is 4.04. The minimum atomic E-state index is -0.0243. The van der Waals surface area contributed by atoms with Crippen molar-refractivity contribution in [2.24, 2.45) is 5.73 Å². The first-order chi connectivity index (χ1) is 9.29. The highest BCUT2D eigenvalue weighted by molar-refractivity contribution is 5.90. The number of anilines is 1. The van der Waals surface area contributed by atoms with Gasteiger partial charge in [-0.25, -0.2) is 14.6 Å². The molecule has 0 aliphatic rings. The number of nitrogens with one attached hydrogen (secondary N) is 1. The standard InChI is InChI=1S/C12H16N6O/c13-6-2-1-3-12(19)17-10-4-5-11(15-7-10)18-9-14-8-16-18/h4-5,7-9H,1-3,6,13H2,(H,17,19). The zero-order valence-electron chi connectivity index (χ0n) is 10.5. The molecular formula is C12H16N6O. The number of carbonyl (C=O) groups is 1. The molecule has 3 N–H and O–H groups in total. The summed E-state index contributed by atoms with van der Waals surface area (Å²) in [5.74, 6) is 0.627. The Labute approximate surface area is 110 Å². The van der Waals surface area contributed by atoms with Gasteiger partial charge in [-0.1, -0.05) is 0 Å². The molecule has 100 valence electrons.